The highest BCUT2D eigenvalue weighted by atomic mass is 127. The lowest BCUT2D eigenvalue weighted by atomic mass is 9.74. The van der Waals surface area contributed by atoms with Crippen molar-refractivity contribution in [3.05, 3.63) is 23.8 Å². The first kappa shape index (κ1) is 25.5. The molecule has 0 aliphatic carbocycles. The van der Waals surface area contributed by atoms with Crippen LogP contribution in [-0.2, 0) is 14.9 Å². The number of nitrogens with zero attached hydrogens (tertiary/aromatic N) is 1. The van der Waals surface area contributed by atoms with Gasteiger partial charge < -0.3 is 30.2 Å². The second-order valence-electron chi connectivity index (χ2n) is 8.81. The fraction of sp³-hybridized carbons (Fsp3) is 0.636. The Labute approximate surface area is 201 Å². The zero-order valence-corrected chi connectivity index (χ0v) is 21.2. The Morgan fingerprint density at radius 1 is 1.13 bits per heavy atom. The highest BCUT2D eigenvalue weighted by molar-refractivity contribution is 14.0. The number of aliphatic imine (C=N–C) groups is 1. The lowest BCUT2D eigenvalue weighted by molar-refractivity contribution is -0.121. The minimum Gasteiger partial charge on any atom is -0.454 e. The van der Waals surface area contributed by atoms with Crippen molar-refractivity contribution in [2.45, 2.75) is 51.5 Å². The molecule has 8 nitrogen and oxygen atoms in total. The molecular formula is C22H35IN4O4. The van der Waals surface area contributed by atoms with E-state index in [9.17, 15) is 4.79 Å². The highest BCUT2D eigenvalue weighted by Gasteiger charge is 2.36. The van der Waals surface area contributed by atoms with Gasteiger partial charge in [-0.05, 0) is 58.2 Å². The first-order valence-electron chi connectivity index (χ1n) is 10.6. The van der Waals surface area contributed by atoms with Gasteiger partial charge in [-0.3, -0.25) is 4.79 Å². The number of benzene rings is 1. The molecule has 1 amide bonds. The van der Waals surface area contributed by atoms with Crippen molar-refractivity contribution < 1.29 is 19.0 Å². The molecule has 0 radical (unpaired) electrons. The zero-order chi connectivity index (χ0) is 21.6. The summed E-state index contributed by atoms with van der Waals surface area (Å²) in [5.74, 6) is 2.11. The van der Waals surface area contributed by atoms with Crippen molar-refractivity contribution in [3.63, 3.8) is 0 Å². The average Bonchev–Trinajstić information content (AvgIpc) is 3.17. The summed E-state index contributed by atoms with van der Waals surface area (Å²) in [4.78, 5) is 16.6. The molecule has 0 atom stereocenters. The molecule has 1 fully saturated rings. The van der Waals surface area contributed by atoms with E-state index in [1.165, 1.54) is 5.56 Å². The fourth-order valence-corrected chi connectivity index (χ4v) is 3.76. The van der Waals surface area contributed by atoms with Gasteiger partial charge in [-0.15, -0.1) is 24.0 Å². The van der Waals surface area contributed by atoms with Gasteiger partial charge >= 0.3 is 0 Å². The lowest BCUT2D eigenvalue weighted by Gasteiger charge is -2.38. The number of fused-ring (bicyclic) bond motifs is 1. The Morgan fingerprint density at radius 3 is 2.52 bits per heavy atom. The van der Waals surface area contributed by atoms with Crippen LogP contribution in [0.2, 0.25) is 0 Å². The van der Waals surface area contributed by atoms with Crippen molar-refractivity contribution in [2.24, 2.45) is 4.99 Å². The summed E-state index contributed by atoms with van der Waals surface area (Å²) in [6, 6.07) is 6.17. The van der Waals surface area contributed by atoms with Gasteiger partial charge in [0.15, 0.2) is 17.5 Å². The van der Waals surface area contributed by atoms with Crippen LogP contribution in [0.25, 0.3) is 0 Å². The van der Waals surface area contributed by atoms with E-state index in [0.717, 1.165) is 24.3 Å². The molecule has 174 valence electrons. The molecule has 3 N–H and O–H groups in total. The molecule has 31 heavy (non-hydrogen) atoms. The molecule has 2 aliphatic heterocycles. The molecule has 1 aromatic rings. The summed E-state index contributed by atoms with van der Waals surface area (Å²) in [5.41, 5.74) is 0.816. The third-order valence-corrected chi connectivity index (χ3v) is 5.27. The zero-order valence-electron chi connectivity index (χ0n) is 18.9. The number of ether oxygens (including phenoxy) is 3. The van der Waals surface area contributed by atoms with Crippen LogP contribution in [0.4, 0.5) is 0 Å². The van der Waals surface area contributed by atoms with E-state index in [4.69, 9.17) is 14.2 Å². The second-order valence-corrected chi connectivity index (χ2v) is 8.81. The third-order valence-electron chi connectivity index (χ3n) is 5.27. The van der Waals surface area contributed by atoms with Gasteiger partial charge in [-0.25, -0.2) is 4.99 Å². The SMILES string of the molecule is CCNC(=NCC(=O)NC(C)(C)C)NCC1(c2ccc3c(c2)OCO3)CCOCC1.I. The predicted molar refractivity (Wildman–Crippen MR) is 132 cm³/mol. The van der Waals surface area contributed by atoms with E-state index >= 15 is 0 Å². The van der Waals surface area contributed by atoms with Gasteiger partial charge in [0, 0.05) is 37.3 Å². The summed E-state index contributed by atoms with van der Waals surface area (Å²) in [5, 5.41) is 9.62. The van der Waals surface area contributed by atoms with Crippen molar-refractivity contribution in [2.75, 3.05) is 39.6 Å². The van der Waals surface area contributed by atoms with Gasteiger partial charge in [0.2, 0.25) is 12.7 Å². The maximum atomic E-state index is 12.2. The van der Waals surface area contributed by atoms with Gasteiger partial charge in [0.25, 0.3) is 0 Å². The van der Waals surface area contributed by atoms with Gasteiger partial charge in [-0.2, -0.15) is 0 Å². The number of carbonyl (C=O) groups excluding carboxylic acids is 1. The highest BCUT2D eigenvalue weighted by Crippen LogP contribution is 2.40. The fourth-order valence-electron chi connectivity index (χ4n) is 3.76. The van der Waals surface area contributed by atoms with Crippen LogP contribution in [0.15, 0.2) is 23.2 Å². The normalized spacial score (nSPS) is 17.5. The van der Waals surface area contributed by atoms with Crippen LogP contribution in [0.3, 0.4) is 0 Å². The molecule has 0 saturated carbocycles. The quantitative estimate of drug-likeness (QED) is 0.289. The van der Waals surface area contributed by atoms with Crippen LogP contribution < -0.4 is 25.4 Å². The Balaban J connectivity index is 0.00000341. The monoisotopic (exact) mass is 546 g/mol. The first-order valence-corrected chi connectivity index (χ1v) is 10.6. The molecule has 0 bridgehead atoms. The smallest absolute Gasteiger partial charge is 0.242 e. The minimum absolute atomic E-state index is 0. The summed E-state index contributed by atoms with van der Waals surface area (Å²) in [7, 11) is 0. The van der Waals surface area contributed by atoms with E-state index in [1.807, 2.05) is 33.8 Å². The van der Waals surface area contributed by atoms with Gasteiger partial charge in [0.1, 0.15) is 6.54 Å². The molecule has 0 aromatic heterocycles. The van der Waals surface area contributed by atoms with Crippen LogP contribution in [0.1, 0.15) is 46.1 Å². The largest absolute Gasteiger partial charge is 0.454 e. The average molecular weight is 546 g/mol. The van der Waals surface area contributed by atoms with Crippen molar-refractivity contribution in [3.8, 4) is 11.5 Å². The minimum atomic E-state index is -0.274. The number of hydrogen-bond donors (Lipinski definition) is 3. The standard InChI is InChI=1S/C22H34N4O4.HI/c1-5-23-20(24-13-19(27)26-21(2,3)4)25-14-22(8-10-28-11-9-22)16-6-7-17-18(12-16)30-15-29-17;/h6-7,12H,5,8-11,13-15H2,1-4H3,(H,26,27)(H2,23,24,25);1H. The van der Waals surface area contributed by atoms with E-state index < -0.39 is 0 Å². The van der Waals surface area contributed by atoms with E-state index in [1.54, 1.807) is 0 Å². The van der Waals surface area contributed by atoms with Crippen molar-refractivity contribution in [1.82, 2.24) is 16.0 Å². The van der Waals surface area contributed by atoms with Crippen LogP contribution >= 0.6 is 24.0 Å². The number of carbonyl (C=O) groups is 1. The Bertz CT molecular complexity index is 773. The number of hydrogen-bond acceptors (Lipinski definition) is 5. The maximum absolute atomic E-state index is 12.2. The number of rotatable bonds is 6. The van der Waals surface area contributed by atoms with E-state index in [0.29, 0.717) is 32.3 Å². The molecule has 2 aliphatic rings. The summed E-state index contributed by atoms with van der Waals surface area (Å²) < 4.78 is 16.7. The predicted octanol–water partition coefficient (Wildman–Crippen LogP) is 2.55. The lowest BCUT2D eigenvalue weighted by Crippen LogP contribution is -2.48. The summed E-state index contributed by atoms with van der Waals surface area (Å²) >= 11 is 0. The van der Waals surface area contributed by atoms with E-state index in [-0.39, 0.29) is 54.2 Å². The molecular weight excluding hydrogens is 511 g/mol. The van der Waals surface area contributed by atoms with Gasteiger partial charge in [-0.1, -0.05) is 6.07 Å². The van der Waals surface area contributed by atoms with Crippen LogP contribution in [0, 0.1) is 0 Å². The van der Waals surface area contributed by atoms with Gasteiger partial charge in [0.05, 0.1) is 0 Å². The van der Waals surface area contributed by atoms with E-state index in [2.05, 4.69) is 33.1 Å². The topological polar surface area (TPSA) is 93.2 Å². The molecule has 0 unspecified atom stereocenters. The molecule has 1 aromatic carbocycles. The maximum Gasteiger partial charge on any atom is 0.242 e. The number of nitrogens with one attached hydrogen (secondary N) is 3. The second kappa shape index (κ2) is 11.2. The molecule has 9 heteroatoms. The number of guanidine groups is 1. The Hall–Kier alpha value is -1.75. The van der Waals surface area contributed by atoms with Crippen LogP contribution in [-0.4, -0.2) is 57.0 Å². The summed E-state index contributed by atoms with van der Waals surface area (Å²) in [6.07, 6.45) is 1.78. The first-order chi connectivity index (χ1) is 14.3. The Kier molecular flexibility index (Phi) is 9.23. The molecule has 3 rings (SSSR count). The molecule has 2 heterocycles. The van der Waals surface area contributed by atoms with Crippen LogP contribution in [0.5, 0.6) is 11.5 Å². The molecule has 1 saturated heterocycles. The number of amides is 1. The van der Waals surface area contributed by atoms with Crippen molar-refractivity contribution >= 4 is 35.8 Å². The van der Waals surface area contributed by atoms with Crippen molar-refractivity contribution in [1.29, 1.82) is 0 Å². The molecule has 0 spiro atoms. The summed E-state index contributed by atoms with van der Waals surface area (Å²) in [6.45, 7) is 11.0. The third kappa shape index (κ3) is 7.13. The number of halogens is 1. The Morgan fingerprint density at radius 2 is 1.84 bits per heavy atom.